The molecule has 0 aliphatic heterocycles. The van der Waals surface area contributed by atoms with E-state index < -0.39 is 16.0 Å². The molecule has 0 saturated carbocycles. The number of rotatable bonds is 8. The molecule has 7 heteroatoms. The van der Waals surface area contributed by atoms with Crippen LogP contribution in [0.1, 0.15) is 24.7 Å². The molecule has 0 spiro atoms. The van der Waals surface area contributed by atoms with Gasteiger partial charge in [0.15, 0.2) is 0 Å². The Morgan fingerprint density at radius 2 is 2.00 bits per heavy atom. The zero-order valence-corrected chi connectivity index (χ0v) is 14.1. The Kier molecular flexibility index (Phi) is 6.34. The van der Waals surface area contributed by atoms with Crippen molar-refractivity contribution in [3.63, 3.8) is 0 Å². The molecule has 1 heterocycles. The third-order valence-electron chi connectivity index (χ3n) is 3.07. The van der Waals surface area contributed by atoms with Crippen LogP contribution in [0.5, 0.6) is 0 Å². The van der Waals surface area contributed by atoms with E-state index in [1.54, 1.807) is 30.3 Å². The van der Waals surface area contributed by atoms with E-state index in [4.69, 9.17) is 9.15 Å². The van der Waals surface area contributed by atoms with E-state index in [2.05, 4.69) is 4.72 Å². The van der Waals surface area contributed by atoms with Gasteiger partial charge in [0.25, 0.3) is 0 Å². The number of carbonyl (C=O) groups is 1. The summed E-state index contributed by atoms with van der Waals surface area (Å²) in [7, 11) is -3.62. The molecule has 0 radical (unpaired) electrons. The van der Waals surface area contributed by atoms with Crippen LogP contribution in [0, 0.1) is 0 Å². The standard InChI is InChI=1S/C17H19NO5S/c1-2-11-23-17(19)10-7-14-5-8-16(9-6-14)24(20,21)18-13-15-4-3-12-22-15/h3-10,12,18H,2,11,13H2,1H3/b10-7+. The van der Waals surface area contributed by atoms with Crippen LogP contribution in [0.25, 0.3) is 6.08 Å². The second-order valence-electron chi connectivity index (χ2n) is 4.97. The quantitative estimate of drug-likeness (QED) is 0.585. The Hall–Kier alpha value is -2.38. The van der Waals surface area contributed by atoms with Crippen LogP contribution in [0.3, 0.4) is 0 Å². The number of sulfonamides is 1. The van der Waals surface area contributed by atoms with Gasteiger partial charge in [0.1, 0.15) is 5.76 Å². The first-order valence-corrected chi connectivity index (χ1v) is 8.96. The summed E-state index contributed by atoms with van der Waals surface area (Å²) in [5.41, 5.74) is 0.702. The molecule has 0 fully saturated rings. The average Bonchev–Trinajstić information content (AvgIpc) is 3.10. The number of ether oxygens (including phenoxy) is 1. The van der Waals surface area contributed by atoms with Gasteiger partial charge in [0, 0.05) is 6.08 Å². The monoisotopic (exact) mass is 349 g/mol. The van der Waals surface area contributed by atoms with Crippen molar-refractivity contribution in [3.8, 4) is 0 Å². The second-order valence-corrected chi connectivity index (χ2v) is 6.74. The average molecular weight is 349 g/mol. The zero-order chi connectivity index (χ0) is 17.4. The predicted octanol–water partition coefficient (Wildman–Crippen LogP) is 2.72. The van der Waals surface area contributed by atoms with Crippen molar-refractivity contribution in [2.24, 2.45) is 0 Å². The molecule has 1 N–H and O–H groups in total. The van der Waals surface area contributed by atoms with E-state index in [-0.39, 0.29) is 11.4 Å². The SMILES string of the molecule is CCCOC(=O)/C=C/c1ccc(S(=O)(=O)NCc2ccco2)cc1. The summed E-state index contributed by atoms with van der Waals surface area (Å²) in [4.78, 5) is 11.5. The molecule has 0 atom stereocenters. The normalized spacial score (nSPS) is 11.7. The summed E-state index contributed by atoms with van der Waals surface area (Å²) >= 11 is 0. The highest BCUT2D eigenvalue weighted by atomic mass is 32.2. The van der Waals surface area contributed by atoms with Crippen molar-refractivity contribution in [2.45, 2.75) is 24.8 Å². The van der Waals surface area contributed by atoms with E-state index in [1.807, 2.05) is 6.92 Å². The van der Waals surface area contributed by atoms with Gasteiger partial charge in [0.2, 0.25) is 10.0 Å². The van der Waals surface area contributed by atoms with Crippen LogP contribution in [0.15, 0.2) is 58.1 Å². The molecule has 24 heavy (non-hydrogen) atoms. The van der Waals surface area contributed by atoms with Crippen LogP contribution >= 0.6 is 0 Å². The van der Waals surface area contributed by atoms with E-state index in [1.165, 1.54) is 24.5 Å². The number of esters is 1. The van der Waals surface area contributed by atoms with Crippen molar-refractivity contribution in [1.29, 1.82) is 0 Å². The lowest BCUT2D eigenvalue weighted by molar-refractivity contribution is -0.137. The van der Waals surface area contributed by atoms with Crippen molar-refractivity contribution in [1.82, 2.24) is 4.72 Å². The van der Waals surface area contributed by atoms with Crippen LogP contribution < -0.4 is 4.72 Å². The molecule has 6 nitrogen and oxygen atoms in total. The first kappa shape index (κ1) is 18.0. The summed E-state index contributed by atoms with van der Waals surface area (Å²) in [5.74, 6) is 0.109. The van der Waals surface area contributed by atoms with Crippen molar-refractivity contribution in [3.05, 3.63) is 60.1 Å². The fourth-order valence-corrected chi connectivity index (χ4v) is 2.83. The molecule has 1 aromatic carbocycles. The third-order valence-corrected chi connectivity index (χ3v) is 4.48. The second kappa shape index (κ2) is 8.47. The Balaban J connectivity index is 1.97. The van der Waals surface area contributed by atoms with Crippen LogP contribution in [-0.4, -0.2) is 21.0 Å². The van der Waals surface area contributed by atoms with Gasteiger partial charge in [-0.2, -0.15) is 0 Å². The summed E-state index contributed by atoms with van der Waals surface area (Å²) < 4.78 is 36.8. The Bertz CT molecular complexity index is 777. The molecule has 0 aliphatic carbocycles. The minimum absolute atomic E-state index is 0.0836. The third kappa shape index (κ3) is 5.36. The number of carbonyl (C=O) groups excluding carboxylic acids is 1. The number of hydrogen-bond donors (Lipinski definition) is 1. The van der Waals surface area contributed by atoms with Crippen molar-refractivity contribution < 1.29 is 22.4 Å². The minimum Gasteiger partial charge on any atom is -0.468 e. The Labute approximate surface area is 141 Å². The maximum Gasteiger partial charge on any atom is 0.330 e. The lowest BCUT2D eigenvalue weighted by Gasteiger charge is -2.05. The maximum absolute atomic E-state index is 12.2. The van der Waals surface area contributed by atoms with Gasteiger partial charge < -0.3 is 9.15 Å². The summed E-state index contributed by atoms with van der Waals surface area (Å²) in [6.45, 7) is 2.37. The first-order chi connectivity index (χ1) is 11.5. The van der Waals surface area contributed by atoms with E-state index in [9.17, 15) is 13.2 Å². The van der Waals surface area contributed by atoms with Gasteiger partial charge >= 0.3 is 5.97 Å². The predicted molar refractivity (Wildman–Crippen MR) is 89.5 cm³/mol. The fraction of sp³-hybridized carbons (Fsp3) is 0.235. The first-order valence-electron chi connectivity index (χ1n) is 7.48. The van der Waals surface area contributed by atoms with Crippen LogP contribution in [0.4, 0.5) is 0 Å². The topological polar surface area (TPSA) is 85.6 Å². The molecule has 128 valence electrons. The van der Waals surface area contributed by atoms with Gasteiger partial charge in [-0.15, -0.1) is 0 Å². The minimum atomic E-state index is -3.62. The molecule has 0 unspecified atom stereocenters. The lowest BCUT2D eigenvalue weighted by atomic mass is 10.2. The van der Waals surface area contributed by atoms with Gasteiger partial charge in [-0.3, -0.25) is 0 Å². The highest BCUT2D eigenvalue weighted by Crippen LogP contribution is 2.12. The molecule has 2 aromatic rings. The smallest absolute Gasteiger partial charge is 0.330 e. The van der Waals surface area contributed by atoms with Gasteiger partial charge in [-0.05, 0) is 42.3 Å². The van der Waals surface area contributed by atoms with E-state index in [0.29, 0.717) is 17.9 Å². The van der Waals surface area contributed by atoms with Crippen LogP contribution in [-0.2, 0) is 26.1 Å². The summed E-state index contributed by atoms with van der Waals surface area (Å²) in [5, 5.41) is 0. The molecule has 0 bridgehead atoms. The molecule has 0 aliphatic rings. The number of nitrogens with one attached hydrogen (secondary N) is 1. The summed E-state index contributed by atoms with van der Waals surface area (Å²) in [6, 6.07) is 9.56. The molecular weight excluding hydrogens is 330 g/mol. The molecule has 0 saturated heterocycles. The molecule has 0 amide bonds. The Morgan fingerprint density at radius 3 is 2.62 bits per heavy atom. The molecular formula is C17H19NO5S. The van der Waals surface area contributed by atoms with Crippen LogP contribution in [0.2, 0.25) is 0 Å². The Morgan fingerprint density at radius 1 is 1.25 bits per heavy atom. The number of hydrogen-bond acceptors (Lipinski definition) is 5. The van der Waals surface area contributed by atoms with Crippen molar-refractivity contribution >= 4 is 22.1 Å². The summed E-state index contributed by atoms with van der Waals surface area (Å²) in [6.07, 6.45) is 5.13. The molecule has 1 aromatic heterocycles. The highest BCUT2D eigenvalue weighted by molar-refractivity contribution is 7.89. The van der Waals surface area contributed by atoms with Crippen molar-refractivity contribution in [2.75, 3.05) is 6.61 Å². The van der Waals surface area contributed by atoms with Gasteiger partial charge in [-0.1, -0.05) is 19.1 Å². The fourth-order valence-electron chi connectivity index (χ4n) is 1.84. The van der Waals surface area contributed by atoms with Gasteiger partial charge in [-0.25, -0.2) is 17.9 Å². The lowest BCUT2D eigenvalue weighted by Crippen LogP contribution is -2.22. The highest BCUT2D eigenvalue weighted by Gasteiger charge is 2.13. The molecule has 2 rings (SSSR count). The maximum atomic E-state index is 12.2. The van der Waals surface area contributed by atoms with E-state index >= 15 is 0 Å². The zero-order valence-electron chi connectivity index (χ0n) is 13.3. The largest absolute Gasteiger partial charge is 0.468 e. The van der Waals surface area contributed by atoms with E-state index in [0.717, 1.165) is 6.42 Å². The number of benzene rings is 1. The number of furan rings is 1. The van der Waals surface area contributed by atoms with Gasteiger partial charge in [0.05, 0.1) is 24.3 Å².